The highest BCUT2D eigenvalue weighted by Crippen LogP contribution is 2.30. The number of piperidine rings is 1. The number of hydrogen-bond donors (Lipinski definition) is 0. The van der Waals surface area contributed by atoms with Crippen molar-refractivity contribution in [3.63, 3.8) is 0 Å². The quantitative estimate of drug-likeness (QED) is 0.768. The van der Waals surface area contributed by atoms with Gasteiger partial charge in [-0.05, 0) is 45.4 Å². The molecule has 0 unspecified atom stereocenters. The third-order valence-electron chi connectivity index (χ3n) is 5.32. The number of amides is 1. The molecule has 25 heavy (non-hydrogen) atoms. The van der Waals surface area contributed by atoms with Gasteiger partial charge in [0.1, 0.15) is 5.82 Å². The number of hydrogen-bond acceptors (Lipinski definition) is 4. The molecule has 1 saturated heterocycles. The average molecular weight is 343 g/mol. The molecule has 1 amide bonds. The second kappa shape index (κ2) is 8.56. The standard InChI is InChI=1S/C20H29N3O2/c1-15-21-13-18(14-25-2)20(22-15)17-8-10-23(11-9-17)19(24)12-16-6-4-3-5-7-16/h6,13,17H,3-5,7-12,14H2,1-2H3. The second-order valence-electron chi connectivity index (χ2n) is 7.20. The topological polar surface area (TPSA) is 55.3 Å². The van der Waals surface area contributed by atoms with Crippen molar-refractivity contribution >= 4 is 5.91 Å². The lowest BCUT2D eigenvalue weighted by Crippen LogP contribution is -2.38. The molecule has 5 heteroatoms. The largest absolute Gasteiger partial charge is 0.380 e. The van der Waals surface area contributed by atoms with Crippen molar-refractivity contribution in [2.75, 3.05) is 20.2 Å². The summed E-state index contributed by atoms with van der Waals surface area (Å²) in [4.78, 5) is 23.6. The number of ether oxygens (including phenoxy) is 1. The van der Waals surface area contributed by atoms with E-state index < -0.39 is 0 Å². The Labute approximate surface area is 150 Å². The highest BCUT2D eigenvalue weighted by Gasteiger charge is 2.26. The van der Waals surface area contributed by atoms with Gasteiger partial charge in [0.05, 0.1) is 12.3 Å². The summed E-state index contributed by atoms with van der Waals surface area (Å²) in [6.07, 6.45) is 11.5. The normalized spacial score (nSPS) is 19.0. The van der Waals surface area contributed by atoms with Crippen LogP contribution >= 0.6 is 0 Å². The number of methoxy groups -OCH3 is 1. The van der Waals surface area contributed by atoms with Gasteiger partial charge in [0.15, 0.2) is 0 Å². The number of likely N-dealkylation sites (tertiary alicyclic amines) is 1. The van der Waals surface area contributed by atoms with Crippen molar-refractivity contribution in [2.45, 2.75) is 64.4 Å². The van der Waals surface area contributed by atoms with Crippen LogP contribution in [0.2, 0.25) is 0 Å². The average Bonchev–Trinajstić information content (AvgIpc) is 2.64. The number of rotatable bonds is 5. The predicted octanol–water partition coefficient (Wildman–Crippen LogP) is 3.53. The molecule has 1 aromatic heterocycles. The molecule has 1 fully saturated rings. The summed E-state index contributed by atoms with van der Waals surface area (Å²) < 4.78 is 5.29. The van der Waals surface area contributed by atoms with Gasteiger partial charge in [-0.25, -0.2) is 9.97 Å². The van der Waals surface area contributed by atoms with Crippen molar-refractivity contribution in [1.29, 1.82) is 0 Å². The first-order valence-electron chi connectivity index (χ1n) is 9.44. The van der Waals surface area contributed by atoms with E-state index in [4.69, 9.17) is 4.74 Å². The Kier molecular flexibility index (Phi) is 6.19. The highest BCUT2D eigenvalue weighted by molar-refractivity contribution is 5.78. The summed E-state index contributed by atoms with van der Waals surface area (Å²) in [5.41, 5.74) is 3.52. The SMILES string of the molecule is COCc1cnc(C)nc1C1CCN(C(=O)CC2=CCCCC2)CC1. The van der Waals surface area contributed by atoms with E-state index in [-0.39, 0.29) is 0 Å². The molecule has 0 radical (unpaired) electrons. The van der Waals surface area contributed by atoms with Gasteiger partial charge in [-0.3, -0.25) is 4.79 Å². The summed E-state index contributed by atoms with van der Waals surface area (Å²) in [5.74, 6) is 1.49. The Morgan fingerprint density at radius 3 is 2.80 bits per heavy atom. The van der Waals surface area contributed by atoms with Crippen molar-refractivity contribution in [2.24, 2.45) is 0 Å². The molecule has 3 rings (SSSR count). The van der Waals surface area contributed by atoms with Crippen LogP contribution in [0.4, 0.5) is 0 Å². The second-order valence-corrected chi connectivity index (χ2v) is 7.20. The van der Waals surface area contributed by atoms with Crippen molar-refractivity contribution in [3.8, 4) is 0 Å². The van der Waals surface area contributed by atoms with Crippen LogP contribution in [0.3, 0.4) is 0 Å². The molecular weight excluding hydrogens is 314 g/mol. The molecule has 1 aliphatic heterocycles. The molecule has 0 bridgehead atoms. The number of carbonyl (C=O) groups is 1. The number of nitrogens with zero attached hydrogens (tertiary/aromatic N) is 3. The number of aromatic nitrogens is 2. The maximum absolute atomic E-state index is 12.6. The Morgan fingerprint density at radius 1 is 1.32 bits per heavy atom. The number of carbonyl (C=O) groups excluding carboxylic acids is 1. The van der Waals surface area contributed by atoms with Gasteiger partial charge < -0.3 is 9.64 Å². The van der Waals surface area contributed by atoms with Gasteiger partial charge in [0.25, 0.3) is 0 Å². The van der Waals surface area contributed by atoms with Crippen LogP contribution in [0.25, 0.3) is 0 Å². The van der Waals surface area contributed by atoms with E-state index in [2.05, 4.69) is 16.0 Å². The third-order valence-corrected chi connectivity index (χ3v) is 5.32. The zero-order chi connectivity index (χ0) is 17.6. The van der Waals surface area contributed by atoms with Crippen molar-refractivity contribution in [3.05, 3.63) is 34.9 Å². The fourth-order valence-corrected chi connectivity index (χ4v) is 3.91. The molecular formula is C20H29N3O2. The molecule has 5 nitrogen and oxygen atoms in total. The lowest BCUT2D eigenvalue weighted by molar-refractivity contribution is -0.131. The van der Waals surface area contributed by atoms with Crippen molar-refractivity contribution < 1.29 is 9.53 Å². The van der Waals surface area contributed by atoms with Crippen LogP contribution in [-0.4, -0.2) is 41.0 Å². The zero-order valence-electron chi connectivity index (χ0n) is 15.5. The molecule has 2 heterocycles. The summed E-state index contributed by atoms with van der Waals surface area (Å²) in [5, 5.41) is 0. The summed E-state index contributed by atoms with van der Waals surface area (Å²) in [6, 6.07) is 0. The van der Waals surface area contributed by atoms with Crippen LogP contribution in [0, 0.1) is 6.92 Å². The maximum atomic E-state index is 12.6. The Hall–Kier alpha value is -1.75. The highest BCUT2D eigenvalue weighted by atomic mass is 16.5. The number of allylic oxidation sites excluding steroid dienone is 1. The zero-order valence-corrected chi connectivity index (χ0v) is 15.5. The molecule has 1 aliphatic carbocycles. The first-order chi connectivity index (χ1) is 12.2. The van der Waals surface area contributed by atoms with Crippen LogP contribution in [-0.2, 0) is 16.1 Å². The molecule has 1 aromatic rings. The molecule has 0 atom stereocenters. The molecule has 0 N–H and O–H groups in total. The Balaban J connectivity index is 1.59. The van der Waals surface area contributed by atoms with Crippen molar-refractivity contribution in [1.82, 2.24) is 14.9 Å². The van der Waals surface area contributed by atoms with Gasteiger partial charge in [0.2, 0.25) is 5.91 Å². The smallest absolute Gasteiger partial charge is 0.226 e. The fourth-order valence-electron chi connectivity index (χ4n) is 3.91. The minimum absolute atomic E-state index is 0.294. The molecule has 0 aromatic carbocycles. The van der Waals surface area contributed by atoms with E-state index in [0.717, 1.165) is 55.9 Å². The van der Waals surface area contributed by atoms with Gasteiger partial charge in [-0.1, -0.05) is 11.6 Å². The Bertz CT molecular complexity index is 634. The van der Waals surface area contributed by atoms with E-state index in [1.165, 1.54) is 18.4 Å². The monoisotopic (exact) mass is 343 g/mol. The minimum atomic E-state index is 0.294. The molecule has 136 valence electrons. The lowest BCUT2D eigenvalue weighted by atomic mass is 9.90. The maximum Gasteiger partial charge on any atom is 0.226 e. The Morgan fingerprint density at radius 2 is 2.12 bits per heavy atom. The van der Waals surface area contributed by atoms with Gasteiger partial charge in [-0.2, -0.15) is 0 Å². The van der Waals surface area contributed by atoms with E-state index in [1.54, 1.807) is 7.11 Å². The lowest BCUT2D eigenvalue weighted by Gasteiger charge is -2.33. The van der Waals surface area contributed by atoms with E-state index in [1.807, 2.05) is 18.0 Å². The predicted molar refractivity (Wildman–Crippen MR) is 97.2 cm³/mol. The van der Waals surface area contributed by atoms with Crippen LogP contribution in [0.5, 0.6) is 0 Å². The van der Waals surface area contributed by atoms with Gasteiger partial charge in [-0.15, -0.1) is 0 Å². The molecule has 0 spiro atoms. The summed E-state index contributed by atoms with van der Waals surface area (Å²) in [7, 11) is 1.70. The van der Waals surface area contributed by atoms with E-state index in [0.29, 0.717) is 24.9 Å². The summed E-state index contributed by atoms with van der Waals surface area (Å²) in [6.45, 7) is 4.12. The van der Waals surface area contributed by atoms with Gasteiger partial charge in [0, 0.05) is 44.3 Å². The first kappa shape index (κ1) is 18.1. The summed E-state index contributed by atoms with van der Waals surface area (Å²) >= 11 is 0. The minimum Gasteiger partial charge on any atom is -0.380 e. The third kappa shape index (κ3) is 4.66. The van der Waals surface area contributed by atoms with Crippen LogP contribution < -0.4 is 0 Å². The van der Waals surface area contributed by atoms with Gasteiger partial charge >= 0.3 is 0 Å². The van der Waals surface area contributed by atoms with Crippen LogP contribution in [0.1, 0.15) is 67.9 Å². The number of aryl methyl sites for hydroxylation is 1. The molecule has 0 saturated carbocycles. The first-order valence-corrected chi connectivity index (χ1v) is 9.44. The van der Waals surface area contributed by atoms with E-state index >= 15 is 0 Å². The fraction of sp³-hybridized carbons (Fsp3) is 0.650. The molecule has 2 aliphatic rings. The van der Waals surface area contributed by atoms with Crippen LogP contribution in [0.15, 0.2) is 17.8 Å². The van der Waals surface area contributed by atoms with E-state index in [9.17, 15) is 4.79 Å².